The molecule has 0 aliphatic carbocycles. The lowest BCUT2D eigenvalue weighted by Crippen LogP contribution is -2.37. The molecule has 0 radical (unpaired) electrons. The van der Waals surface area contributed by atoms with Crippen molar-refractivity contribution in [3.63, 3.8) is 0 Å². The van der Waals surface area contributed by atoms with Crippen molar-refractivity contribution in [1.82, 2.24) is 9.47 Å². The highest BCUT2D eigenvalue weighted by atomic mass is 32.2. The van der Waals surface area contributed by atoms with Crippen molar-refractivity contribution >= 4 is 9.84 Å². The van der Waals surface area contributed by atoms with Gasteiger partial charge >= 0.3 is 0 Å². The molecule has 1 aromatic heterocycles. The van der Waals surface area contributed by atoms with Gasteiger partial charge in [-0.05, 0) is 37.1 Å². The van der Waals surface area contributed by atoms with Gasteiger partial charge in [-0.2, -0.15) is 0 Å². The Bertz CT molecular complexity index is 753. The zero-order valence-corrected chi connectivity index (χ0v) is 15.1. The molecule has 0 bridgehead atoms. The van der Waals surface area contributed by atoms with E-state index in [0.29, 0.717) is 12.6 Å². The summed E-state index contributed by atoms with van der Waals surface area (Å²) in [6.45, 7) is 1.60. The molecule has 1 aromatic carbocycles. The highest BCUT2D eigenvalue weighted by molar-refractivity contribution is 7.90. The number of piperidine rings is 1. The summed E-state index contributed by atoms with van der Waals surface area (Å²) in [7, 11) is -1.02. The van der Waals surface area contributed by atoms with E-state index in [-0.39, 0.29) is 11.5 Å². The van der Waals surface area contributed by atoms with Crippen molar-refractivity contribution in [3.8, 4) is 0 Å². The van der Waals surface area contributed by atoms with E-state index in [9.17, 15) is 8.42 Å². The Balaban J connectivity index is 1.64. The van der Waals surface area contributed by atoms with E-state index in [1.807, 2.05) is 30.3 Å². The number of aromatic nitrogens is 1. The smallest absolute Gasteiger partial charge is 0.155 e. The van der Waals surface area contributed by atoms with E-state index in [0.717, 1.165) is 24.9 Å². The highest BCUT2D eigenvalue weighted by Gasteiger charge is 2.26. The van der Waals surface area contributed by atoms with Crippen LogP contribution in [0.25, 0.3) is 0 Å². The molecule has 1 fully saturated rings. The van der Waals surface area contributed by atoms with Gasteiger partial charge in [0.2, 0.25) is 0 Å². The Morgan fingerprint density at radius 2 is 1.88 bits per heavy atom. The first-order valence-corrected chi connectivity index (χ1v) is 10.5. The van der Waals surface area contributed by atoms with Crippen LogP contribution in [0.2, 0.25) is 0 Å². The maximum Gasteiger partial charge on any atom is 0.155 e. The lowest BCUT2D eigenvalue weighted by molar-refractivity contribution is 0.152. The van der Waals surface area contributed by atoms with Crippen LogP contribution in [0.1, 0.15) is 36.6 Å². The van der Waals surface area contributed by atoms with E-state index in [1.165, 1.54) is 12.1 Å². The van der Waals surface area contributed by atoms with Crippen LogP contribution in [0.15, 0.2) is 48.7 Å². The molecule has 0 unspecified atom stereocenters. The molecular weight excluding hydrogens is 320 g/mol. The summed E-state index contributed by atoms with van der Waals surface area (Å²) in [6.07, 6.45) is 5.54. The summed E-state index contributed by atoms with van der Waals surface area (Å²) in [5, 5.41) is 0. The van der Waals surface area contributed by atoms with Gasteiger partial charge < -0.3 is 4.57 Å². The van der Waals surface area contributed by atoms with Gasteiger partial charge in [-0.3, -0.25) is 4.90 Å². The SMILES string of the molecule is Cn1cccc1[C@@H]1CCCCN1CCS(=O)(=O)Cc1ccccc1. The van der Waals surface area contributed by atoms with Gasteiger partial charge in [-0.25, -0.2) is 8.42 Å². The van der Waals surface area contributed by atoms with Crippen molar-refractivity contribution in [1.29, 1.82) is 0 Å². The number of rotatable bonds is 6. The first kappa shape index (κ1) is 17.2. The standard InChI is InChI=1S/C19H26N2O2S/c1-20-12-7-11-18(20)19-10-5-6-13-21(19)14-15-24(22,23)16-17-8-3-2-4-9-17/h2-4,7-9,11-12,19H,5-6,10,13-16H2,1H3/t19-/m0/s1. The fraction of sp³-hybridized carbons (Fsp3) is 0.474. The minimum atomic E-state index is -3.08. The van der Waals surface area contributed by atoms with Crippen LogP contribution in [0.4, 0.5) is 0 Å². The Hall–Kier alpha value is -1.59. The summed E-state index contributed by atoms with van der Waals surface area (Å²) in [5.74, 6) is 0.360. The largest absolute Gasteiger partial charge is 0.353 e. The molecule has 3 rings (SSSR count). The van der Waals surface area contributed by atoms with Gasteiger partial charge in [-0.15, -0.1) is 0 Å². The quantitative estimate of drug-likeness (QED) is 0.807. The highest BCUT2D eigenvalue weighted by Crippen LogP contribution is 2.30. The molecule has 24 heavy (non-hydrogen) atoms. The average molecular weight is 346 g/mol. The Morgan fingerprint density at radius 3 is 2.58 bits per heavy atom. The first-order chi connectivity index (χ1) is 11.6. The predicted octanol–water partition coefficient (Wildman–Crippen LogP) is 3.17. The maximum atomic E-state index is 12.5. The molecular formula is C19H26N2O2S. The predicted molar refractivity (Wildman–Crippen MR) is 97.5 cm³/mol. The van der Waals surface area contributed by atoms with Gasteiger partial charge in [-0.1, -0.05) is 36.8 Å². The van der Waals surface area contributed by atoms with Gasteiger partial charge in [0.1, 0.15) is 0 Å². The summed E-state index contributed by atoms with van der Waals surface area (Å²) in [6, 6.07) is 14.0. The molecule has 0 N–H and O–H groups in total. The van der Waals surface area contributed by atoms with Crippen molar-refractivity contribution in [2.75, 3.05) is 18.8 Å². The van der Waals surface area contributed by atoms with Gasteiger partial charge in [0.05, 0.1) is 17.5 Å². The van der Waals surface area contributed by atoms with Crippen LogP contribution in [0.3, 0.4) is 0 Å². The van der Waals surface area contributed by atoms with Crippen molar-refractivity contribution in [2.24, 2.45) is 7.05 Å². The first-order valence-electron chi connectivity index (χ1n) is 8.65. The van der Waals surface area contributed by atoms with Crippen LogP contribution in [0, 0.1) is 0 Å². The second-order valence-electron chi connectivity index (χ2n) is 6.67. The van der Waals surface area contributed by atoms with Gasteiger partial charge in [0, 0.05) is 25.5 Å². The van der Waals surface area contributed by atoms with Crippen LogP contribution >= 0.6 is 0 Å². The third kappa shape index (κ3) is 4.28. The van der Waals surface area contributed by atoms with Gasteiger partial charge in [0.15, 0.2) is 9.84 Å². The molecule has 0 spiro atoms. The van der Waals surface area contributed by atoms with E-state index in [1.54, 1.807) is 0 Å². The summed E-state index contributed by atoms with van der Waals surface area (Å²) < 4.78 is 27.1. The lowest BCUT2D eigenvalue weighted by atomic mass is 9.99. The molecule has 1 atom stereocenters. The molecule has 2 heterocycles. The molecule has 0 amide bonds. The molecule has 4 nitrogen and oxygen atoms in total. The lowest BCUT2D eigenvalue weighted by Gasteiger charge is -2.36. The zero-order chi connectivity index (χ0) is 17.0. The third-order valence-electron chi connectivity index (χ3n) is 4.86. The maximum absolute atomic E-state index is 12.5. The number of benzene rings is 1. The van der Waals surface area contributed by atoms with E-state index >= 15 is 0 Å². The zero-order valence-electron chi connectivity index (χ0n) is 14.3. The molecule has 2 aromatic rings. The van der Waals surface area contributed by atoms with Crippen molar-refractivity contribution in [3.05, 3.63) is 59.9 Å². The number of aryl methyl sites for hydroxylation is 1. The van der Waals surface area contributed by atoms with E-state index < -0.39 is 9.84 Å². The second kappa shape index (κ2) is 7.53. The van der Waals surface area contributed by atoms with Crippen LogP contribution < -0.4 is 0 Å². The number of hydrogen-bond donors (Lipinski definition) is 0. The number of sulfone groups is 1. The summed E-state index contributed by atoms with van der Waals surface area (Å²) in [4.78, 5) is 2.35. The topological polar surface area (TPSA) is 42.3 Å². The second-order valence-corrected chi connectivity index (χ2v) is 8.85. The number of likely N-dealkylation sites (tertiary alicyclic amines) is 1. The van der Waals surface area contributed by atoms with Crippen molar-refractivity contribution < 1.29 is 8.42 Å². The van der Waals surface area contributed by atoms with E-state index in [4.69, 9.17) is 0 Å². The van der Waals surface area contributed by atoms with Crippen LogP contribution in [-0.4, -0.2) is 36.7 Å². The Labute approximate surface area is 145 Å². The fourth-order valence-electron chi connectivity index (χ4n) is 3.57. The van der Waals surface area contributed by atoms with Crippen LogP contribution in [-0.2, 0) is 22.6 Å². The molecule has 130 valence electrons. The van der Waals surface area contributed by atoms with E-state index in [2.05, 4.69) is 34.8 Å². The number of hydrogen-bond acceptors (Lipinski definition) is 3. The Kier molecular flexibility index (Phi) is 5.41. The molecule has 5 heteroatoms. The minimum absolute atomic E-state index is 0.135. The number of nitrogens with zero attached hydrogens (tertiary/aromatic N) is 2. The normalized spacial score (nSPS) is 19.5. The minimum Gasteiger partial charge on any atom is -0.353 e. The van der Waals surface area contributed by atoms with Gasteiger partial charge in [0.25, 0.3) is 0 Å². The molecule has 0 saturated carbocycles. The Morgan fingerprint density at radius 1 is 1.08 bits per heavy atom. The molecule has 1 saturated heterocycles. The average Bonchev–Trinajstić information content (AvgIpc) is 3.00. The molecule has 1 aliphatic heterocycles. The fourth-order valence-corrected chi connectivity index (χ4v) is 4.93. The molecule has 1 aliphatic rings. The summed E-state index contributed by atoms with van der Waals surface area (Å²) >= 11 is 0. The van der Waals surface area contributed by atoms with Crippen molar-refractivity contribution in [2.45, 2.75) is 31.1 Å². The third-order valence-corrected chi connectivity index (χ3v) is 6.44. The summed E-state index contributed by atoms with van der Waals surface area (Å²) in [5.41, 5.74) is 2.16. The monoisotopic (exact) mass is 346 g/mol. The van der Waals surface area contributed by atoms with Crippen LogP contribution in [0.5, 0.6) is 0 Å².